The van der Waals surface area contributed by atoms with Gasteiger partial charge in [0.15, 0.2) is 0 Å². The van der Waals surface area contributed by atoms with Gasteiger partial charge < -0.3 is 15.0 Å². The lowest BCUT2D eigenvalue weighted by Crippen LogP contribution is -2.47. The van der Waals surface area contributed by atoms with Crippen LogP contribution in [0.5, 0.6) is 0 Å². The number of hydrogen-bond acceptors (Lipinski definition) is 4. The van der Waals surface area contributed by atoms with Gasteiger partial charge in [0, 0.05) is 14.5 Å². The summed E-state index contributed by atoms with van der Waals surface area (Å²) in [5, 5.41) is 5.82. The average molecular weight is 306 g/mol. The van der Waals surface area contributed by atoms with E-state index in [1.165, 1.54) is 0 Å². The zero-order chi connectivity index (χ0) is 17.0. The van der Waals surface area contributed by atoms with Crippen molar-refractivity contribution in [2.24, 2.45) is 11.8 Å². The predicted molar refractivity (Wildman–Crippen MR) is 92.4 cm³/mol. The summed E-state index contributed by atoms with van der Waals surface area (Å²) in [5.41, 5.74) is 0. The Morgan fingerprint density at radius 3 is 2.00 bits per heavy atom. The number of rotatable bonds is 9. The Labute approximate surface area is 133 Å². The van der Waals surface area contributed by atoms with Gasteiger partial charge in [-0.25, -0.2) is 0 Å². The fraction of sp³-hybridized carbons (Fsp3) is 0.938. The molecule has 0 aromatic carbocycles. The minimum Gasteiger partial charge on any atom is -0.365 e. The number of carbonyl (C=O) groups excluding carboxylic acids is 1. The van der Waals surface area contributed by atoms with E-state index in [1.54, 1.807) is 7.05 Å². The zero-order valence-corrected chi connectivity index (χ0v) is 15.5. The normalized spacial score (nSPS) is 13.9. The van der Waals surface area contributed by atoms with Gasteiger partial charge in [0.05, 0.1) is 19.4 Å². The number of hydrogen-bond donors (Lipinski definition) is 2. The number of nitrogens with one attached hydrogen (secondary N) is 2. The highest BCUT2D eigenvalue weighted by Gasteiger charge is 2.21. The maximum Gasteiger partial charge on any atom is 0.237 e. The standard InChI is InChI=1S/C14H31N3O2.C2H6.H2/c1-10(2)12(17(6)7)8-19-9-16-13(11(3)4)14(18)15-5;1-2;/h10-13,16H,8-9H2,1-7H3,(H,15,18);1-2H3;1H/t12-,13+;;/m1../s1. The first-order valence-electron chi connectivity index (χ1n) is 8.00. The van der Waals surface area contributed by atoms with E-state index in [-0.39, 0.29) is 19.3 Å². The Hall–Kier alpha value is -0.650. The van der Waals surface area contributed by atoms with Gasteiger partial charge in [0.2, 0.25) is 5.91 Å². The molecular weight excluding hydrogens is 266 g/mol. The minimum atomic E-state index is -0.207. The monoisotopic (exact) mass is 305 g/mol. The molecule has 130 valence electrons. The van der Waals surface area contributed by atoms with Crippen LogP contribution in [0, 0.1) is 11.8 Å². The van der Waals surface area contributed by atoms with Crippen LogP contribution in [-0.2, 0) is 9.53 Å². The molecule has 0 spiro atoms. The molecule has 5 nitrogen and oxygen atoms in total. The van der Waals surface area contributed by atoms with Crippen molar-refractivity contribution in [3.8, 4) is 0 Å². The molecule has 0 aliphatic heterocycles. The van der Waals surface area contributed by atoms with Crippen molar-refractivity contribution in [1.29, 1.82) is 0 Å². The van der Waals surface area contributed by atoms with E-state index in [0.29, 0.717) is 25.3 Å². The third-order valence-electron chi connectivity index (χ3n) is 3.32. The summed E-state index contributed by atoms with van der Waals surface area (Å²) >= 11 is 0. The number of carbonyl (C=O) groups is 1. The maximum atomic E-state index is 11.7. The van der Waals surface area contributed by atoms with Crippen molar-refractivity contribution >= 4 is 5.91 Å². The van der Waals surface area contributed by atoms with Crippen LogP contribution in [0.2, 0.25) is 0 Å². The quantitative estimate of drug-likeness (QED) is 0.506. The second-order valence-corrected chi connectivity index (χ2v) is 5.83. The second-order valence-electron chi connectivity index (χ2n) is 5.83. The van der Waals surface area contributed by atoms with Crippen molar-refractivity contribution in [2.45, 2.75) is 53.6 Å². The van der Waals surface area contributed by atoms with Crippen molar-refractivity contribution in [2.75, 3.05) is 34.5 Å². The van der Waals surface area contributed by atoms with Gasteiger partial charge in [-0.1, -0.05) is 41.5 Å². The maximum absolute atomic E-state index is 11.7. The van der Waals surface area contributed by atoms with E-state index in [0.717, 1.165) is 0 Å². The summed E-state index contributed by atoms with van der Waals surface area (Å²) in [6, 6.07) is 0.182. The Morgan fingerprint density at radius 1 is 1.14 bits per heavy atom. The summed E-state index contributed by atoms with van der Waals surface area (Å²) in [5.74, 6) is 0.778. The van der Waals surface area contributed by atoms with Crippen molar-refractivity contribution in [3.63, 3.8) is 0 Å². The lowest BCUT2D eigenvalue weighted by Gasteiger charge is -2.28. The van der Waals surface area contributed by atoms with Crippen LogP contribution in [0.3, 0.4) is 0 Å². The van der Waals surface area contributed by atoms with Crippen LogP contribution < -0.4 is 10.6 Å². The molecule has 0 radical (unpaired) electrons. The van der Waals surface area contributed by atoms with Gasteiger partial charge in [0.25, 0.3) is 0 Å². The summed E-state index contributed by atoms with van der Waals surface area (Å²) in [6.45, 7) is 13.5. The average Bonchev–Trinajstić information content (AvgIpc) is 2.42. The first kappa shape index (κ1) is 22.6. The molecule has 5 heteroatoms. The molecule has 2 N–H and O–H groups in total. The highest BCUT2D eigenvalue weighted by molar-refractivity contribution is 5.81. The molecule has 21 heavy (non-hydrogen) atoms. The minimum absolute atomic E-state index is 0. The SMILES string of the molecule is CC.CNC(=O)[C@@H](NCOC[C@H](C(C)C)N(C)C)C(C)C.[HH]. The summed E-state index contributed by atoms with van der Waals surface area (Å²) < 4.78 is 5.66. The van der Waals surface area contributed by atoms with Crippen LogP contribution >= 0.6 is 0 Å². The highest BCUT2D eigenvalue weighted by Crippen LogP contribution is 2.07. The van der Waals surface area contributed by atoms with Gasteiger partial charge in [-0.3, -0.25) is 10.1 Å². The number of amides is 1. The van der Waals surface area contributed by atoms with Crippen LogP contribution in [0.4, 0.5) is 0 Å². The van der Waals surface area contributed by atoms with Gasteiger partial charge in [0.1, 0.15) is 0 Å². The van der Waals surface area contributed by atoms with Gasteiger partial charge >= 0.3 is 0 Å². The molecule has 0 heterocycles. The summed E-state index contributed by atoms with van der Waals surface area (Å²) in [4.78, 5) is 13.8. The van der Waals surface area contributed by atoms with Crippen molar-refractivity contribution in [3.05, 3.63) is 0 Å². The molecule has 0 aromatic rings. The third kappa shape index (κ3) is 9.82. The van der Waals surface area contributed by atoms with E-state index < -0.39 is 0 Å². The topological polar surface area (TPSA) is 53.6 Å². The lowest BCUT2D eigenvalue weighted by atomic mass is 10.0. The zero-order valence-electron chi connectivity index (χ0n) is 15.5. The molecule has 0 bridgehead atoms. The fourth-order valence-electron chi connectivity index (χ4n) is 2.05. The number of likely N-dealkylation sites (N-methyl/N-ethyl adjacent to an activating group) is 2. The summed E-state index contributed by atoms with van der Waals surface area (Å²) in [7, 11) is 5.77. The Morgan fingerprint density at radius 2 is 1.67 bits per heavy atom. The number of nitrogens with zero attached hydrogens (tertiary/aromatic N) is 1. The Balaban J connectivity index is -0.00000115. The second kappa shape index (κ2) is 13.0. The van der Waals surface area contributed by atoms with E-state index in [1.807, 2.05) is 27.7 Å². The molecule has 0 rings (SSSR count). The van der Waals surface area contributed by atoms with Gasteiger partial charge in [-0.05, 0) is 25.9 Å². The van der Waals surface area contributed by atoms with Crippen LogP contribution in [0.1, 0.15) is 43.0 Å². The summed E-state index contributed by atoms with van der Waals surface area (Å²) in [6.07, 6.45) is 0. The van der Waals surface area contributed by atoms with Crippen LogP contribution in [0.15, 0.2) is 0 Å². The molecule has 0 aliphatic carbocycles. The third-order valence-corrected chi connectivity index (χ3v) is 3.32. The lowest BCUT2D eigenvalue weighted by molar-refractivity contribution is -0.124. The first-order chi connectivity index (χ1) is 9.81. The first-order valence-corrected chi connectivity index (χ1v) is 8.00. The van der Waals surface area contributed by atoms with Gasteiger partial charge in [-0.15, -0.1) is 0 Å². The van der Waals surface area contributed by atoms with Crippen molar-refractivity contribution < 1.29 is 11.0 Å². The van der Waals surface area contributed by atoms with Crippen molar-refractivity contribution in [1.82, 2.24) is 15.5 Å². The molecule has 0 saturated heterocycles. The molecule has 0 saturated carbocycles. The largest absolute Gasteiger partial charge is 0.365 e. The highest BCUT2D eigenvalue weighted by atomic mass is 16.5. The van der Waals surface area contributed by atoms with Gasteiger partial charge in [-0.2, -0.15) is 0 Å². The number of ether oxygens (including phenoxy) is 1. The Kier molecular flexibility index (Phi) is 14.1. The van der Waals surface area contributed by atoms with E-state index in [4.69, 9.17) is 4.74 Å². The molecule has 0 aromatic heterocycles. The Bertz CT molecular complexity index is 254. The molecule has 1 amide bonds. The smallest absolute Gasteiger partial charge is 0.237 e. The van der Waals surface area contributed by atoms with Crippen LogP contribution in [-0.4, -0.2) is 57.4 Å². The molecular formula is C16H39N3O2. The predicted octanol–water partition coefficient (Wildman–Crippen LogP) is 2.18. The molecule has 0 aliphatic rings. The van der Waals surface area contributed by atoms with E-state index >= 15 is 0 Å². The molecule has 0 unspecified atom stereocenters. The fourth-order valence-corrected chi connectivity index (χ4v) is 2.05. The molecule has 2 atom stereocenters. The van der Waals surface area contributed by atoms with E-state index in [9.17, 15) is 4.79 Å². The molecule has 0 fully saturated rings. The van der Waals surface area contributed by atoms with E-state index in [2.05, 4.69) is 43.5 Å². The van der Waals surface area contributed by atoms with Crippen LogP contribution in [0.25, 0.3) is 0 Å².